The number of allylic oxidation sites excluding steroid dienone is 2. The molecule has 0 saturated heterocycles. The zero-order valence-corrected chi connectivity index (χ0v) is 10.2. The Bertz CT molecular complexity index is 281. The zero-order chi connectivity index (χ0) is 9.68. The van der Waals surface area contributed by atoms with Crippen LogP contribution in [-0.4, -0.2) is 15.0 Å². The van der Waals surface area contributed by atoms with Gasteiger partial charge in [0, 0.05) is 0 Å². The number of hydrogen-bond donors (Lipinski definition) is 0. The predicted octanol–water partition coefficient (Wildman–Crippen LogP) is 2.79. The second-order valence-electron chi connectivity index (χ2n) is 3.38. The fourth-order valence-electron chi connectivity index (χ4n) is 0.853. The molecule has 0 saturated carbocycles. The quantitative estimate of drug-likeness (QED) is 0.562. The summed E-state index contributed by atoms with van der Waals surface area (Å²) in [5.41, 5.74) is 3.02. The normalized spacial score (nSPS) is 9.77. The van der Waals surface area contributed by atoms with Crippen LogP contribution in [0.25, 0.3) is 0 Å². The molecule has 0 aliphatic rings. The van der Waals surface area contributed by atoms with Crippen molar-refractivity contribution in [3.05, 3.63) is 41.5 Å². The third-order valence-electron chi connectivity index (χ3n) is 2.05. The molecule has 0 aromatic heterocycles. The van der Waals surface area contributed by atoms with Gasteiger partial charge in [-0.05, 0) is 0 Å². The second-order valence-corrected chi connectivity index (χ2v) is 5.58. The summed E-state index contributed by atoms with van der Waals surface area (Å²) >= 11 is 0.614. The minimum atomic E-state index is 0.614. The monoisotopic (exact) mass is 240 g/mol. The second kappa shape index (κ2) is 5.26. The van der Waals surface area contributed by atoms with E-state index >= 15 is 0 Å². The van der Waals surface area contributed by atoms with Gasteiger partial charge in [-0.3, -0.25) is 0 Å². The molecular formula is C12H16Se. The number of rotatable bonds is 3. The Morgan fingerprint density at radius 2 is 1.69 bits per heavy atom. The van der Waals surface area contributed by atoms with Gasteiger partial charge in [0.25, 0.3) is 0 Å². The van der Waals surface area contributed by atoms with E-state index in [4.69, 9.17) is 0 Å². The standard InChI is InChI=1S/C12H16Se/c1-10(2)11(3)9-13-12-7-5-4-6-8-12/h4-8H,9H2,1-3H3. The maximum atomic E-state index is 2.24. The van der Waals surface area contributed by atoms with Crippen LogP contribution in [0.5, 0.6) is 0 Å². The number of benzene rings is 1. The molecule has 0 spiro atoms. The Hall–Kier alpha value is -0.521. The molecule has 0 aliphatic carbocycles. The van der Waals surface area contributed by atoms with E-state index in [2.05, 4.69) is 51.1 Å². The summed E-state index contributed by atoms with van der Waals surface area (Å²) in [6.07, 6.45) is 0. The minimum absolute atomic E-state index is 0.614. The van der Waals surface area contributed by atoms with Crippen molar-refractivity contribution in [1.29, 1.82) is 0 Å². The van der Waals surface area contributed by atoms with Gasteiger partial charge in [-0.2, -0.15) is 0 Å². The topological polar surface area (TPSA) is 0 Å². The van der Waals surface area contributed by atoms with Gasteiger partial charge in [-0.25, -0.2) is 0 Å². The fraction of sp³-hybridized carbons (Fsp3) is 0.333. The van der Waals surface area contributed by atoms with Crippen LogP contribution in [0.2, 0.25) is 5.32 Å². The van der Waals surface area contributed by atoms with E-state index in [9.17, 15) is 0 Å². The van der Waals surface area contributed by atoms with E-state index in [0.29, 0.717) is 15.0 Å². The third kappa shape index (κ3) is 3.80. The number of hydrogen-bond acceptors (Lipinski definition) is 0. The zero-order valence-electron chi connectivity index (χ0n) is 8.50. The van der Waals surface area contributed by atoms with Gasteiger partial charge in [0.2, 0.25) is 0 Å². The van der Waals surface area contributed by atoms with Crippen LogP contribution in [0.15, 0.2) is 41.5 Å². The Balaban J connectivity index is 2.49. The SMILES string of the molecule is CC(C)=C(C)C[Se]c1ccccc1. The van der Waals surface area contributed by atoms with Crippen molar-refractivity contribution < 1.29 is 0 Å². The van der Waals surface area contributed by atoms with E-state index in [0.717, 1.165) is 0 Å². The molecule has 0 N–H and O–H groups in total. The van der Waals surface area contributed by atoms with Crippen molar-refractivity contribution in [2.45, 2.75) is 26.1 Å². The van der Waals surface area contributed by atoms with Crippen LogP contribution in [0.4, 0.5) is 0 Å². The van der Waals surface area contributed by atoms with Crippen LogP contribution in [0, 0.1) is 0 Å². The van der Waals surface area contributed by atoms with Crippen molar-refractivity contribution in [2.24, 2.45) is 0 Å². The molecule has 0 nitrogen and oxygen atoms in total. The molecule has 13 heavy (non-hydrogen) atoms. The van der Waals surface area contributed by atoms with Gasteiger partial charge < -0.3 is 0 Å². The molecule has 0 radical (unpaired) electrons. The van der Waals surface area contributed by atoms with Gasteiger partial charge in [-0.1, -0.05) is 0 Å². The molecule has 0 fully saturated rings. The van der Waals surface area contributed by atoms with Crippen LogP contribution < -0.4 is 4.46 Å². The molecule has 1 aromatic carbocycles. The van der Waals surface area contributed by atoms with E-state index in [-0.39, 0.29) is 0 Å². The average Bonchev–Trinajstić information content (AvgIpc) is 2.15. The summed E-state index contributed by atoms with van der Waals surface area (Å²) < 4.78 is 1.50. The Kier molecular flexibility index (Phi) is 4.27. The van der Waals surface area contributed by atoms with E-state index < -0.39 is 0 Å². The Morgan fingerprint density at radius 1 is 1.08 bits per heavy atom. The average molecular weight is 239 g/mol. The summed E-state index contributed by atoms with van der Waals surface area (Å²) in [4.78, 5) is 0. The molecule has 0 bridgehead atoms. The van der Waals surface area contributed by atoms with Gasteiger partial charge in [0.15, 0.2) is 0 Å². The fourth-order valence-corrected chi connectivity index (χ4v) is 3.00. The van der Waals surface area contributed by atoms with Crippen molar-refractivity contribution in [3.63, 3.8) is 0 Å². The van der Waals surface area contributed by atoms with E-state index in [1.165, 1.54) is 15.4 Å². The van der Waals surface area contributed by atoms with Crippen LogP contribution in [0.3, 0.4) is 0 Å². The predicted molar refractivity (Wildman–Crippen MR) is 60.7 cm³/mol. The Morgan fingerprint density at radius 3 is 2.23 bits per heavy atom. The van der Waals surface area contributed by atoms with Crippen molar-refractivity contribution in [2.75, 3.05) is 0 Å². The van der Waals surface area contributed by atoms with Gasteiger partial charge in [0.05, 0.1) is 0 Å². The first-order valence-electron chi connectivity index (χ1n) is 4.51. The molecular weight excluding hydrogens is 223 g/mol. The van der Waals surface area contributed by atoms with E-state index in [1.807, 2.05) is 0 Å². The molecule has 70 valence electrons. The molecule has 0 heterocycles. The molecule has 0 amide bonds. The molecule has 1 rings (SSSR count). The molecule has 1 aromatic rings. The van der Waals surface area contributed by atoms with Gasteiger partial charge >= 0.3 is 87.0 Å². The molecule has 1 heteroatoms. The summed E-state index contributed by atoms with van der Waals surface area (Å²) in [7, 11) is 0. The third-order valence-corrected chi connectivity index (χ3v) is 4.53. The first kappa shape index (κ1) is 10.6. The first-order chi connectivity index (χ1) is 6.20. The van der Waals surface area contributed by atoms with Crippen LogP contribution >= 0.6 is 0 Å². The Labute approximate surface area is 87.2 Å². The van der Waals surface area contributed by atoms with Gasteiger partial charge in [-0.15, -0.1) is 0 Å². The summed E-state index contributed by atoms with van der Waals surface area (Å²) in [5, 5.41) is 1.25. The van der Waals surface area contributed by atoms with Gasteiger partial charge in [0.1, 0.15) is 0 Å². The van der Waals surface area contributed by atoms with Crippen molar-refractivity contribution in [1.82, 2.24) is 0 Å². The molecule has 0 aliphatic heterocycles. The summed E-state index contributed by atoms with van der Waals surface area (Å²) in [6.45, 7) is 6.62. The molecule has 0 atom stereocenters. The van der Waals surface area contributed by atoms with Crippen LogP contribution in [0.1, 0.15) is 20.8 Å². The molecule has 0 unspecified atom stereocenters. The summed E-state index contributed by atoms with van der Waals surface area (Å²) in [6, 6.07) is 10.8. The van der Waals surface area contributed by atoms with Crippen molar-refractivity contribution >= 4 is 19.4 Å². The first-order valence-corrected chi connectivity index (χ1v) is 6.57. The van der Waals surface area contributed by atoms with Crippen molar-refractivity contribution in [3.8, 4) is 0 Å². The summed E-state index contributed by atoms with van der Waals surface area (Å²) in [5.74, 6) is 0. The van der Waals surface area contributed by atoms with Crippen LogP contribution in [-0.2, 0) is 0 Å². The maximum absolute atomic E-state index is 2.24. The van der Waals surface area contributed by atoms with E-state index in [1.54, 1.807) is 5.57 Å².